The molecule has 0 aliphatic heterocycles. The predicted octanol–water partition coefficient (Wildman–Crippen LogP) is 2.69. The second-order valence-corrected chi connectivity index (χ2v) is 3.31. The van der Waals surface area contributed by atoms with Crippen molar-refractivity contribution >= 4 is 5.91 Å². The maximum atomic E-state index is 12.0. The summed E-state index contributed by atoms with van der Waals surface area (Å²) in [6.07, 6.45) is -0.449. The van der Waals surface area contributed by atoms with Gasteiger partial charge in [-0.25, -0.2) is 8.78 Å². The van der Waals surface area contributed by atoms with E-state index in [2.05, 4.69) is 5.32 Å². The highest BCUT2D eigenvalue weighted by Crippen LogP contribution is 2.14. The van der Waals surface area contributed by atoms with E-state index in [4.69, 9.17) is 0 Å². The van der Waals surface area contributed by atoms with Gasteiger partial charge in [-0.05, 0) is 11.6 Å². The number of allylic oxidation sites excluding steroid dienone is 1. The number of carbonyl (C=O) groups excluding carboxylic acids is 1. The van der Waals surface area contributed by atoms with Gasteiger partial charge in [0.05, 0.1) is 6.04 Å². The van der Waals surface area contributed by atoms with Crippen LogP contribution in [-0.4, -0.2) is 12.3 Å². The quantitative estimate of drug-likeness (QED) is 0.784. The first-order valence-corrected chi connectivity index (χ1v) is 4.88. The van der Waals surface area contributed by atoms with Crippen LogP contribution in [0.5, 0.6) is 0 Å². The Balaban J connectivity index is 2.83. The molecule has 1 unspecified atom stereocenters. The molecule has 0 fully saturated rings. The number of hydrogen-bond acceptors (Lipinski definition) is 1. The third kappa shape index (κ3) is 4.21. The Hall–Kier alpha value is -1.71. The van der Waals surface area contributed by atoms with E-state index >= 15 is 0 Å². The van der Waals surface area contributed by atoms with E-state index in [1.165, 1.54) is 13.0 Å². The summed E-state index contributed by atoms with van der Waals surface area (Å²) >= 11 is 0. The van der Waals surface area contributed by atoms with Gasteiger partial charge in [0.1, 0.15) is 0 Å². The molecular weight excluding hydrogens is 212 g/mol. The molecule has 1 atom stereocenters. The van der Waals surface area contributed by atoms with Crippen LogP contribution in [0.1, 0.15) is 18.5 Å². The molecule has 0 radical (unpaired) electrons. The molecule has 2 nitrogen and oxygen atoms in total. The van der Waals surface area contributed by atoms with Gasteiger partial charge in [0.25, 0.3) is 6.43 Å². The van der Waals surface area contributed by atoms with Crippen LogP contribution in [0.3, 0.4) is 0 Å². The molecule has 1 N–H and O–H groups in total. The molecule has 16 heavy (non-hydrogen) atoms. The molecule has 0 bridgehead atoms. The van der Waals surface area contributed by atoms with Crippen molar-refractivity contribution in [2.45, 2.75) is 19.4 Å². The average Bonchev–Trinajstić information content (AvgIpc) is 2.25. The van der Waals surface area contributed by atoms with E-state index in [1.54, 1.807) is 24.3 Å². The largest absolute Gasteiger partial charge is 0.346 e. The van der Waals surface area contributed by atoms with Crippen LogP contribution in [0, 0.1) is 0 Å². The lowest BCUT2D eigenvalue weighted by molar-refractivity contribution is -0.119. The lowest BCUT2D eigenvalue weighted by atomic mass is 10.1. The summed E-state index contributed by atoms with van der Waals surface area (Å²) in [4.78, 5) is 10.9. The summed E-state index contributed by atoms with van der Waals surface area (Å²) in [7, 11) is 0. The molecule has 1 aromatic carbocycles. The minimum Gasteiger partial charge on any atom is -0.346 e. The Labute approximate surface area is 93.0 Å². The van der Waals surface area contributed by atoms with Gasteiger partial charge < -0.3 is 5.32 Å². The van der Waals surface area contributed by atoms with Crippen molar-refractivity contribution in [2.24, 2.45) is 0 Å². The highest BCUT2D eigenvalue weighted by Gasteiger charge is 2.09. The van der Waals surface area contributed by atoms with Crippen molar-refractivity contribution in [3.05, 3.63) is 48.0 Å². The molecule has 0 heterocycles. The van der Waals surface area contributed by atoms with E-state index in [0.717, 1.165) is 11.6 Å². The second-order valence-electron chi connectivity index (χ2n) is 3.31. The van der Waals surface area contributed by atoms with Crippen LogP contribution in [0.4, 0.5) is 8.78 Å². The summed E-state index contributed by atoms with van der Waals surface area (Å²) in [5.41, 5.74) is 0.773. The number of amides is 1. The number of nitrogens with one attached hydrogen (secondary N) is 1. The molecule has 0 aliphatic rings. The number of hydrogen-bond donors (Lipinski definition) is 1. The molecule has 1 rings (SSSR count). The SMILES string of the molecule is CC(=O)NC(/C=C/C(F)F)c1ccccc1. The predicted molar refractivity (Wildman–Crippen MR) is 58.1 cm³/mol. The Morgan fingerprint density at radius 3 is 2.38 bits per heavy atom. The van der Waals surface area contributed by atoms with Crippen molar-refractivity contribution in [1.29, 1.82) is 0 Å². The number of carbonyl (C=O) groups is 1. The smallest absolute Gasteiger partial charge is 0.257 e. The van der Waals surface area contributed by atoms with Crippen molar-refractivity contribution in [3.63, 3.8) is 0 Å². The number of halogens is 2. The van der Waals surface area contributed by atoms with E-state index in [9.17, 15) is 13.6 Å². The third-order valence-electron chi connectivity index (χ3n) is 1.97. The summed E-state index contributed by atoms with van der Waals surface area (Å²) in [5, 5.41) is 2.59. The van der Waals surface area contributed by atoms with E-state index in [-0.39, 0.29) is 5.91 Å². The first-order valence-electron chi connectivity index (χ1n) is 4.88. The van der Waals surface area contributed by atoms with E-state index in [1.807, 2.05) is 6.07 Å². The highest BCUT2D eigenvalue weighted by atomic mass is 19.3. The van der Waals surface area contributed by atoms with Crippen LogP contribution in [0.25, 0.3) is 0 Å². The maximum Gasteiger partial charge on any atom is 0.257 e. The second kappa shape index (κ2) is 6.00. The van der Waals surface area contributed by atoms with Gasteiger partial charge in [-0.3, -0.25) is 4.79 Å². The Morgan fingerprint density at radius 2 is 1.88 bits per heavy atom. The van der Waals surface area contributed by atoms with Gasteiger partial charge in [0.2, 0.25) is 5.91 Å². The third-order valence-corrected chi connectivity index (χ3v) is 1.97. The van der Waals surface area contributed by atoms with Crippen LogP contribution in [-0.2, 0) is 4.79 Å². The first-order chi connectivity index (χ1) is 7.59. The average molecular weight is 225 g/mol. The van der Waals surface area contributed by atoms with Gasteiger partial charge in [0, 0.05) is 6.92 Å². The van der Waals surface area contributed by atoms with Crippen molar-refractivity contribution in [1.82, 2.24) is 5.32 Å². The number of benzene rings is 1. The fraction of sp³-hybridized carbons (Fsp3) is 0.250. The van der Waals surface area contributed by atoms with Crippen LogP contribution >= 0.6 is 0 Å². The van der Waals surface area contributed by atoms with Crippen LogP contribution in [0.2, 0.25) is 0 Å². The van der Waals surface area contributed by atoms with Crippen molar-refractivity contribution in [2.75, 3.05) is 0 Å². The minimum absolute atomic E-state index is 0.257. The summed E-state index contributed by atoms with van der Waals surface area (Å²) in [6, 6.07) is 8.45. The van der Waals surface area contributed by atoms with Gasteiger partial charge in [-0.2, -0.15) is 0 Å². The number of rotatable bonds is 4. The summed E-state index contributed by atoms with van der Waals surface area (Å²) in [5.74, 6) is -0.257. The molecule has 1 aromatic rings. The van der Waals surface area contributed by atoms with Gasteiger partial charge in [0.15, 0.2) is 0 Å². The van der Waals surface area contributed by atoms with Crippen molar-refractivity contribution < 1.29 is 13.6 Å². The molecule has 0 aromatic heterocycles. The molecule has 0 spiro atoms. The zero-order valence-electron chi connectivity index (χ0n) is 8.86. The van der Waals surface area contributed by atoms with E-state index in [0.29, 0.717) is 0 Å². The highest BCUT2D eigenvalue weighted by molar-refractivity contribution is 5.73. The van der Waals surface area contributed by atoms with Crippen molar-refractivity contribution in [3.8, 4) is 0 Å². The van der Waals surface area contributed by atoms with Gasteiger partial charge in [-0.1, -0.05) is 36.4 Å². The fourth-order valence-corrected chi connectivity index (χ4v) is 1.32. The normalized spacial score (nSPS) is 13.0. The molecule has 0 saturated heterocycles. The summed E-state index contributed by atoms with van der Waals surface area (Å²) in [6.45, 7) is 1.35. The molecular formula is C12H13F2NO. The molecule has 86 valence electrons. The minimum atomic E-state index is -2.51. The summed E-state index contributed by atoms with van der Waals surface area (Å²) < 4.78 is 24.1. The molecule has 0 saturated carbocycles. The van der Waals surface area contributed by atoms with Gasteiger partial charge >= 0.3 is 0 Å². The van der Waals surface area contributed by atoms with Gasteiger partial charge in [-0.15, -0.1) is 0 Å². The number of alkyl halides is 2. The zero-order chi connectivity index (χ0) is 12.0. The lowest BCUT2D eigenvalue weighted by Gasteiger charge is -2.14. The molecule has 4 heteroatoms. The molecule has 0 aliphatic carbocycles. The Bertz CT molecular complexity index is 363. The monoisotopic (exact) mass is 225 g/mol. The standard InChI is InChI=1S/C12H13F2NO/c1-9(16)15-11(7-8-12(13)14)10-5-3-2-4-6-10/h2-8,11-12H,1H3,(H,15,16)/b8-7+. The Kier molecular flexibility index (Phi) is 4.64. The zero-order valence-corrected chi connectivity index (χ0v) is 8.86. The van der Waals surface area contributed by atoms with Crippen LogP contribution in [0.15, 0.2) is 42.5 Å². The fourth-order valence-electron chi connectivity index (χ4n) is 1.32. The topological polar surface area (TPSA) is 29.1 Å². The first kappa shape index (κ1) is 12.4. The van der Waals surface area contributed by atoms with Crippen LogP contribution < -0.4 is 5.32 Å². The van der Waals surface area contributed by atoms with E-state index < -0.39 is 12.5 Å². The Morgan fingerprint density at radius 1 is 1.25 bits per heavy atom. The maximum absolute atomic E-state index is 12.0. The lowest BCUT2D eigenvalue weighted by Crippen LogP contribution is -2.24. The molecule has 1 amide bonds.